The van der Waals surface area contributed by atoms with Gasteiger partial charge in [0, 0.05) is 57.0 Å². The van der Waals surface area contributed by atoms with Crippen molar-refractivity contribution < 1.29 is 40.2 Å². The summed E-state index contributed by atoms with van der Waals surface area (Å²) in [6.45, 7) is 3.39. The Kier molecular flexibility index (Phi) is 7.49. The molecule has 0 aliphatic carbocycles. The Labute approximate surface area is 263 Å². The van der Waals surface area contributed by atoms with E-state index in [0.29, 0.717) is 33.0 Å². The van der Waals surface area contributed by atoms with Crippen LogP contribution in [0.15, 0.2) is 84.9 Å². The van der Waals surface area contributed by atoms with Gasteiger partial charge in [-0.25, -0.2) is 0 Å². The Morgan fingerprint density at radius 1 is 0.478 bits per heavy atom. The molecule has 0 bridgehead atoms. The number of aryl methyl sites for hydroxylation is 2. The van der Waals surface area contributed by atoms with Crippen molar-refractivity contribution in [2.24, 2.45) is 0 Å². The average Bonchev–Trinajstić information content (AvgIpc) is 3.05. The van der Waals surface area contributed by atoms with Crippen LogP contribution in [-0.2, 0) is 12.8 Å². The van der Waals surface area contributed by atoms with Gasteiger partial charge in [0.25, 0.3) is 0 Å². The highest BCUT2D eigenvalue weighted by molar-refractivity contribution is 6.08. The van der Waals surface area contributed by atoms with Gasteiger partial charge in [-0.15, -0.1) is 0 Å². The molecule has 0 heterocycles. The Morgan fingerprint density at radius 2 is 0.826 bits per heavy atom. The fraction of sp³-hybridized carbons (Fsp3) is 0.105. The second-order valence-electron chi connectivity index (χ2n) is 11.4. The fourth-order valence-electron chi connectivity index (χ4n) is 6.16. The number of fused-ring (bicyclic) bond motifs is 2. The second-order valence-corrected chi connectivity index (χ2v) is 11.4. The number of hydrogen-bond acceptors (Lipinski definition) is 8. The molecule has 6 aromatic carbocycles. The maximum atomic E-state index is 13.1. The van der Waals surface area contributed by atoms with Crippen LogP contribution in [0.1, 0.15) is 43.0 Å². The lowest BCUT2D eigenvalue weighted by molar-refractivity contribution is 0.0984. The molecule has 0 saturated heterocycles. The molecule has 0 aromatic heterocycles. The van der Waals surface area contributed by atoms with Crippen molar-refractivity contribution in [1.29, 1.82) is 0 Å². The van der Waals surface area contributed by atoms with Crippen molar-refractivity contribution in [3.8, 4) is 45.6 Å². The minimum absolute atomic E-state index is 0.140. The van der Waals surface area contributed by atoms with Crippen LogP contribution in [0.4, 0.5) is 0 Å². The van der Waals surface area contributed by atoms with Gasteiger partial charge in [-0.05, 0) is 47.9 Å². The Bertz CT molecular complexity index is 2040. The lowest BCUT2D eigenvalue weighted by Gasteiger charge is -2.20. The molecule has 0 unspecified atom stereocenters. The molecule has 8 nitrogen and oxygen atoms in total. The van der Waals surface area contributed by atoms with Gasteiger partial charge in [-0.2, -0.15) is 0 Å². The van der Waals surface area contributed by atoms with Crippen molar-refractivity contribution in [3.63, 3.8) is 0 Å². The molecule has 0 saturated carbocycles. The molecular weight excluding hydrogens is 584 g/mol. The van der Waals surface area contributed by atoms with E-state index >= 15 is 0 Å². The zero-order valence-electron chi connectivity index (χ0n) is 25.0. The molecule has 0 spiro atoms. The van der Waals surface area contributed by atoms with Crippen LogP contribution in [0.2, 0.25) is 0 Å². The number of carbonyl (C=O) groups excluding carboxylic acids is 2. The average molecular weight is 615 g/mol. The van der Waals surface area contributed by atoms with Crippen molar-refractivity contribution in [2.75, 3.05) is 0 Å². The molecule has 0 aliphatic heterocycles. The normalized spacial score (nSPS) is 11.3. The summed E-state index contributed by atoms with van der Waals surface area (Å²) in [7, 11) is 0. The summed E-state index contributed by atoms with van der Waals surface area (Å²) >= 11 is 0. The van der Waals surface area contributed by atoms with Crippen LogP contribution in [-0.4, -0.2) is 42.2 Å². The zero-order valence-corrected chi connectivity index (χ0v) is 25.0. The van der Waals surface area contributed by atoms with Crippen LogP contribution >= 0.6 is 0 Å². The summed E-state index contributed by atoms with van der Waals surface area (Å²) < 4.78 is 0. The van der Waals surface area contributed by atoms with E-state index in [1.807, 2.05) is 0 Å². The summed E-state index contributed by atoms with van der Waals surface area (Å²) in [4.78, 5) is 26.1. The molecule has 0 fully saturated rings. The predicted molar refractivity (Wildman–Crippen MR) is 175 cm³/mol. The summed E-state index contributed by atoms with van der Waals surface area (Å²) in [6.07, 6.45) is -0.487. The molecule has 6 N–H and O–H groups in total. The van der Waals surface area contributed by atoms with Gasteiger partial charge in [-0.3, -0.25) is 9.59 Å². The number of Topliss-reactive ketones (excluding diaryl/α,β-unsaturated/α-hetero) is 2. The van der Waals surface area contributed by atoms with E-state index in [0.717, 1.165) is 0 Å². The first-order valence-corrected chi connectivity index (χ1v) is 14.5. The van der Waals surface area contributed by atoms with E-state index in [9.17, 15) is 40.2 Å². The topological polar surface area (TPSA) is 156 Å². The molecular formula is C38H30O8. The third kappa shape index (κ3) is 4.99. The van der Waals surface area contributed by atoms with Crippen LogP contribution in [0.3, 0.4) is 0 Å². The second kappa shape index (κ2) is 11.5. The summed E-state index contributed by atoms with van der Waals surface area (Å²) in [5.41, 5.74) is 2.56. The highest BCUT2D eigenvalue weighted by atomic mass is 16.3. The van der Waals surface area contributed by atoms with Gasteiger partial charge in [0.15, 0.2) is 34.6 Å². The Morgan fingerprint density at radius 3 is 1.17 bits per heavy atom. The summed E-state index contributed by atoms with van der Waals surface area (Å²) in [6, 6.07) is 22.8. The highest BCUT2D eigenvalue weighted by Crippen LogP contribution is 2.51. The smallest absolute Gasteiger partial charge is 0.167 e. The first-order chi connectivity index (χ1) is 22.0. The largest absolute Gasteiger partial charge is 0.507 e. The summed E-state index contributed by atoms with van der Waals surface area (Å²) in [5, 5.41) is 67.2. The lowest BCUT2D eigenvalue weighted by Crippen LogP contribution is -2.05. The molecule has 0 atom stereocenters. The van der Waals surface area contributed by atoms with Gasteiger partial charge >= 0.3 is 0 Å². The number of benzene rings is 6. The predicted octanol–water partition coefficient (Wildman–Crippen LogP) is 7.36. The van der Waals surface area contributed by atoms with Crippen molar-refractivity contribution in [2.45, 2.75) is 26.7 Å². The van der Waals surface area contributed by atoms with E-state index in [1.54, 1.807) is 86.6 Å². The van der Waals surface area contributed by atoms with Crippen molar-refractivity contribution in [3.05, 3.63) is 118 Å². The molecule has 0 aliphatic rings. The molecule has 230 valence electrons. The van der Waals surface area contributed by atoms with Crippen LogP contribution in [0.5, 0.6) is 34.5 Å². The fourth-order valence-corrected chi connectivity index (χ4v) is 6.16. The summed E-state index contributed by atoms with van der Waals surface area (Å²) in [5.74, 6) is -3.20. The molecule has 6 aromatic rings. The van der Waals surface area contributed by atoms with E-state index in [-0.39, 0.29) is 68.9 Å². The molecule has 8 heteroatoms. The van der Waals surface area contributed by atoms with Gasteiger partial charge < -0.3 is 30.6 Å². The number of hydrogen-bond donors (Lipinski definition) is 6. The number of phenols is 6. The van der Waals surface area contributed by atoms with Crippen LogP contribution < -0.4 is 0 Å². The van der Waals surface area contributed by atoms with E-state index < -0.39 is 23.0 Å². The maximum absolute atomic E-state index is 13.1. The standard InChI is InChI=1S/C38H30O8/c1-19-13-23-25(15-29(39)21-9-5-3-6-10-21)35(43)31(41)17-27(23)37(45)33(19)34-20(2)14-24-26(16-30(40)22-11-7-4-8-12-22)36(44)32(42)18-28(24)38(34)46/h3-14,17-18,41-46H,15-16H2,1-2H3. The lowest BCUT2D eigenvalue weighted by atomic mass is 9.86. The van der Waals surface area contributed by atoms with Crippen molar-refractivity contribution >= 4 is 33.1 Å². The number of aromatic hydroxyl groups is 6. The van der Waals surface area contributed by atoms with Gasteiger partial charge in [0.05, 0.1) is 0 Å². The molecule has 6 rings (SSSR count). The van der Waals surface area contributed by atoms with Gasteiger partial charge in [0.2, 0.25) is 0 Å². The van der Waals surface area contributed by atoms with Crippen LogP contribution in [0.25, 0.3) is 32.7 Å². The first kappa shape index (κ1) is 30.0. The third-order valence-corrected chi connectivity index (χ3v) is 8.46. The SMILES string of the molecule is Cc1cc2c(CC(=O)c3ccccc3)c(O)c(O)cc2c(O)c1-c1c(C)cc2c(CC(=O)c3ccccc3)c(O)c(O)cc2c1O. The number of ketones is 2. The van der Waals surface area contributed by atoms with E-state index in [2.05, 4.69) is 0 Å². The van der Waals surface area contributed by atoms with Gasteiger partial charge in [0.1, 0.15) is 11.5 Å². The third-order valence-electron chi connectivity index (χ3n) is 8.46. The number of carbonyl (C=O) groups is 2. The molecule has 46 heavy (non-hydrogen) atoms. The molecule has 0 amide bonds. The minimum atomic E-state index is -0.527. The number of rotatable bonds is 7. The zero-order chi connectivity index (χ0) is 32.9. The van der Waals surface area contributed by atoms with Crippen LogP contribution in [0, 0.1) is 13.8 Å². The van der Waals surface area contributed by atoms with Gasteiger partial charge in [-0.1, -0.05) is 72.8 Å². The molecule has 0 radical (unpaired) electrons. The monoisotopic (exact) mass is 614 g/mol. The Hall–Kier alpha value is -6.02. The van der Waals surface area contributed by atoms with E-state index in [1.165, 1.54) is 12.1 Å². The quantitative estimate of drug-likeness (QED) is 0.0805. The highest BCUT2D eigenvalue weighted by Gasteiger charge is 2.26. The van der Waals surface area contributed by atoms with E-state index in [4.69, 9.17) is 0 Å². The first-order valence-electron chi connectivity index (χ1n) is 14.5. The number of phenolic OH excluding ortho intramolecular Hbond substituents is 6. The van der Waals surface area contributed by atoms with Crippen molar-refractivity contribution in [1.82, 2.24) is 0 Å². The minimum Gasteiger partial charge on any atom is -0.507 e. The maximum Gasteiger partial charge on any atom is 0.167 e. The Balaban J connectivity index is 1.53.